The second-order valence-corrected chi connectivity index (χ2v) is 9.22. The van der Waals surface area contributed by atoms with Crippen molar-refractivity contribution in [2.45, 2.75) is 64.8 Å². The van der Waals surface area contributed by atoms with Crippen molar-refractivity contribution >= 4 is 19.5 Å². The summed E-state index contributed by atoms with van der Waals surface area (Å²) >= 11 is 0. The van der Waals surface area contributed by atoms with Crippen molar-refractivity contribution in [3.05, 3.63) is 0 Å². The maximum absolute atomic E-state index is 5.78. The van der Waals surface area contributed by atoms with Crippen LogP contribution < -0.4 is 0 Å². The molecule has 0 rings (SSSR count). The Morgan fingerprint density at radius 1 is 0.929 bits per heavy atom. The third kappa shape index (κ3) is 8.93. The molecule has 0 atom stereocenters. The van der Waals surface area contributed by atoms with Crippen molar-refractivity contribution in [3.8, 4) is 0 Å². The van der Waals surface area contributed by atoms with Gasteiger partial charge in [-0.2, -0.15) is 0 Å². The van der Waals surface area contributed by atoms with E-state index in [1.54, 1.807) is 0 Å². The first-order valence-electron chi connectivity index (χ1n) is 5.79. The SMILES string of the molecule is CCCC([SiH2]OC(C)C)[SiH2]OC(C)C. The zero-order chi connectivity index (χ0) is 11.0. The topological polar surface area (TPSA) is 18.5 Å². The van der Waals surface area contributed by atoms with E-state index in [0.717, 1.165) is 5.16 Å². The molecule has 86 valence electrons. The maximum atomic E-state index is 5.78. The monoisotopic (exact) mass is 234 g/mol. The Labute approximate surface area is 93.6 Å². The zero-order valence-electron chi connectivity index (χ0n) is 10.4. The van der Waals surface area contributed by atoms with Crippen LogP contribution in [-0.4, -0.2) is 31.7 Å². The number of rotatable bonds is 8. The zero-order valence-corrected chi connectivity index (χ0v) is 13.2. The van der Waals surface area contributed by atoms with E-state index in [-0.39, 0.29) is 19.5 Å². The van der Waals surface area contributed by atoms with Crippen LogP contribution in [0, 0.1) is 0 Å². The van der Waals surface area contributed by atoms with Crippen LogP contribution in [0.1, 0.15) is 47.5 Å². The fraction of sp³-hybridized carbons (Fsp3) is 1.00. The summed E-state index contributed by atoms with van der Waals surface area (Å²) in [6.45, 7) is 10.8. The molecule has 0 radical (unpaired) electrons. The molecule has 0 fully saturated rings. The van der Waals surface area contributed by atoms with E-state index in [1.807, 2.05) is 0 Å². The largest absolute Gasteiger partial charge is 0.422 e. The molecule has 0 aliphatic rings. The van der Waals surface area contributed by atoms with Gasteiger partial charge in [0.15, 0.2) is 19.5 Å². The van der Waals surface area contributed by atoms with Gasteiger partial charge in [0.25, 0.3) is 0 Å². The van der Waals surface area contributed by atoms with E-state index in [0.29, 0.717) is 12.2 Å². The summed E-state index contributed by atoms with van der Waals surface area (Å²) < 4.78 is 11.6. The maximum Gasteiger partial charge on any atom is 0.164 e. The molecule has 0 heterocycles. The third-order valence-corrected chi connectivity index (χ3v) is 6.92. The summed E-state index contributed by atoms with van der Waals surface area (Å²) in [4.78, 5) is 0. The van der Waals surface area contributed by atoms with Crippen molar-refractivity contribution in [2.75, 3.05) is 0 Å². The molecular formula is C10H26O2Si2. The lowest BCUT2D eigenvalue weighted by atomic mass is 10.4. The third-order valence-electron chi connectivity index (χ3n) is 2.03. The minimum absolute atomic E-state index is 0.339. The highest BCUT2D eigenvalue weighted by Crippen LogP contribution is 2.12. The first kappa shape index (κ1) is 14.4. The summed E-state index contributed by atoms with van der Waals surface area (Å²) in [5.74, 6) is 0. The smallest absolute Gasteiger partial charge is 0.164 e. The molecule has 0 saturated heterocycles. The second kappa shape index (κ2) is 8.65. The van der Waals surface area contributed by atoms with Gasteiger partial charge in [-0.1, -0.05) is 19.8 Å². The van der Waals surface area contributed by atoms with Crippen LogP contribution in [0.4, 0.5) is 0 Å². The van der Waals surface area contributed by atoms with Gasteiger partial charge in [-0.3, -0.25) is 0 Å². The summed E-state index contributed by atoms with van der Waals surface area (Å²) in [7, 11) is -0.679. The Kier molecular flexibility index (Phi) is 8.86. The molecule has 0 aliphatic heterocycles. The minimum atomic E-state index is -0.339. The van der Waals surface area contributed by atoms with Crippen molar-refractivity contribution in [2.24, 2.45) is 0 Å². The summed E-state index contributed by atoms with van der Waals surface area (Å²) in [6, 6.07) is 0. The predicted octanol–water partition coefficient (Wildman–Crippen LogP) is 1.55. The molecular weight excluding hydrogens is 208 g/mol. The molecule has 0 aliphatic carbocycles. The first-order chi connectivity index (χ1) is 6.56. The summed E-state index contributed by atoms with van der Waals surface area (Å²) in [6.07, 6.45) is 3.41. The molecule has 0 spiro atoms. The van der Waals surface area contributed by atoms with Gasteiger partial charge in [-0.05, 0) is 32.9 Å². The van der Waals surface area contributed by atoms with E-state index in [1.165, 1.54) is 12.8 Å². The Morgan fingerprint density at radius 3 is 1.64 bits per heavy atom. The molecule has 0 amide bonds. The lowest BCUT2D eigenvalue weighted by molar-refractivity contribution is 0.240. The first-order valence-corrected chi connectivity index (χ1v) is 8.58. The van der Waals surface area contributed by atoms with E-state index in [9.17, 15) is 0 Å². The average molecular weight is 234 g/mol. The Bertz CT molecular complexity index is 117. The van der Waals surface area contributed by atoms with Gasteiger partial charge in [0.2, 0.25) is 0 Å². The van der Waals surface area contributed by atoms with E-state index < -0.39 is 0 Å². The highest BCUT2D eigenvalue weighted by molar-refractivity contribution is 6.51. The van der Waals surface area contributed by atoms with Crippen LogP contribution in [0.5, 0.6) is 0 Å². The predicted molar refractivity (Wildman–Crippen MR) is 68.2 cm³/mol. The molecule has 0 unspecified atom stereocenters. The van der Waals surface area contributed by atoms with Gasteiger partial charge < -0.3 is 8.85 Å². The molecule has 0 aromatic carbocycles. The molecule has 2 nitrogen and oxygen atoms in total. The Morgan fingerprint density at radius 2 is 1.36 bits per heavy atom. The fourth-order valence-corrected chi connectivity index (χ4v) is 4.95. The van der Waals surface area contributed by atoms with E-state index in [2.05, 4.69) is 34.6 Å². The second-order valence-electron chi connectivity index (χ2n) is 4.42. The van der Waals surface area contributed by atoms with Gasteiger partial charge in [-0.15, -0.1) is 0 Å². The highest BCUT2D eigenvalue weighted by Gasteiger charge is 2.12. The average Bonchev–Trinajstić information content (AvgIpc) is 2.09. The van der Waals surface area contributed by atoms with Crippen LogP contribution in [0.2, 0.25) is 5.16 Å². The van der Waals surface area contributed by atoms with Crippen molar-refractivity contribution in [3.63, 3.8) is 0 Å². The standard InChI is InChI=1S/C10H26O2Si2/c1-6-7-10(13-11-8(2)3)14-12-9(4)5/h8-10H,6-7,13-14H2,1-5H3. The molecule has 0 bridgehead atoms. The van der Waals surface area contributed by atoms with Gasteiger partial charge >= 0.3 is 0 Å². The quantitative estimate of drug-likeness (QED) is 0.593. The van der Waals surface area contributed by atoms with E-state index in [4.69, 9.17) is 8.85 Å². The van der Waals surface area contributed by atoms with Gasteiger partial charge in [0, 0.05) is 12.2 Å². The molecule has 0 aromatic heterocycles. The van der Waals surface area contributed by atoms with Crippen molar-refractivity contribution in [1.82, 2.24) is 0 Å². The molecule has 0 saturated carbocycles. The fourth-order valence-electron chi connectivity index (χ4n) is 1.28. The highest BCUT2D eigenvalue weighted by atomic mass is 28.3. The lowest BCUT2D eigenvalue weighted by Crippen LogP contribution is -2.21. The molecule has 0 N–H and O–H groups in total. The van der Waals surface area contributed by atoms with Gasteiger partial charge in [0.1, 0.15) is 0 Å². The summed E-state index contributed by atoms with van der Waals surface area (Å²) in [5.41, 5.74) is 0. The van der Waals surface area contributed by atoms with Crippen molar-refractivity contribution < 1.29 is 8.85 Å². The van der Waals surface area contributed by atoms with Crippen LogP contribution in [0.15, 0.2) is 0 Å². The normalized spacial score (nSPS) is 15.6. The Balaban J connectivity index is 3.65. The lowest BCUT2D eigenvalue weighted by Gasteiger charge is -2.18. The minimum Gasteiger partial charge on any atom is -0.422 e. The van der Waals surface area contributed by atoms with Crippen LogP contribution >= 0.6 is 0 Å². The van der Waals surface area contributed by atoms with Crippen molar-refractivity contribution in [1.29, 1.82) is 0 Å². The molecule has 4 heteroatoms. The van der Waals surface area contributed by atoms with Gasteiger partial charge in [0.05, 0.1) is 0 Å². The van der Waals surface area contributed by atoms with Crippen LogP contribution in [-0.2, 0) is 8.85 Å². The van der Waals surface area contributed by atoms with Crippen LogP contribution in [0.25, 0.3) is 0 Å². The van der Waals surface area contributed by atoms with E-state index >= 15 is 0 Å². The molecule has 0 aromatic rings. The van der Waals surface area contributed by atoms with Gasteiger partial charge in [-0.25, -0.2) is 0 Å². The Hall–Kier alpha value is 0.354. The number of hydrogen-bond acceptors (Lipinski definition) is 2. The number of hydrogen-bond donors (Lipinski definition) is 0. The summed E-state index contributed by atoms with van der Waals surface area (Å²) in [5, 5.41) is 0.838. The molecule has 14 heavy (non-hydrogen) atoms. The van der Waals surface area contributed by atoms with Crippen LogP contribution in [0.3, 0.4) is 0 Å².